The Balaban J connectivity index is 1.95. The van der Waals surface area contributed by atoms with E-state index in [2.05, 4.69) is 42.4 Å². The van der Waals surface area contributed by atoms with E-state index in [0.717, 1.165) is 13.1 Å². The summed E-state index contributed by atoms with van der Waals surface area (Å²) in [5.41, 5.74) is 3.66. The zero-order valence-corrected chi connectivity index (χ0v) is 11.5. The molecule has 0 unspecified atom stereocenters. The fourth-order valence-corrected chi connectivity index (χ4v) is 2.08. The van der Waals surface area contributed by atoms with Gasteiger partial charge in [0.2, 0.25) is 0 Å². The van der Waals surface area contributed by atoms with E-state index in [9.17, 15) is 0 Å². The van der Waals surface area contributed by atoms with E-state index in [1.165, 1.54) is 17.0 Å². The third kappa shape index (κ3) is 2.61. The second kappa shape index (κ2) is 5.35. The fourth-order valence-electron chi connectivity index (χ4n) is 2.08. The van der Waals surface area contributed by atoms with Gasteiger partial charge >= 0.3 is 0 Å². The quantitative estimate of drug-likeness (QED) is 0.876. The summed E-state index contributed by atoms with van der Waals surface area (Å²) >= 11 is 0. The smallest absolute Gasteiger partial charge is 0.0547 e. The van der Waals surface area contributed by atoms with E-state index < -0.39 is 0 Å². The minimum Gasteiger partial charge on any atom is -0.306 e. The maximum absolute atomic E-state index is 4.33. The van der Waals surface area contributed by atoms with Crippen molar-refractivity contribution in [2.45, 2.75) is 39.9 Å². The van der Waals surface area contributed by atoms with Crippen molar-refractivity contribution in [3.05, 3.63) is 35.4 Å². The fraction of sp³-hybridized carbons (Fsp3) is 0.538. The van der Waals surface area contributed by atoms with Gasteiger partial charge in [0.1, 0.15) is 0 Å². The van der Waals surface area contributed by atoms with Crippen molar-refractivity contribution in [1.82, 2.24) is 24.9 Å². The molecule has 2 heterocycles. The lowest BCUT2D eigenvalue weighted by atomic mass is 10.2. The molecule has 5 nitrogen and oxygen atoms in total. The number of aryl methyl sites for hydroxylation is 2. The van der Waals surface area contributed by atoms with Crippen molar-refractivity contribution >= 4 is 0 Å². The normalized spacial score (nSPS) is 11.4. The van der Waals surface area contributed by atoms with Crippen LogP contribution in [0, 0.1) is 6.92 Å². The Morgan fingerprint density at radius 2 is 2.06 bits per heavy atom. The van der Waals surface area contributed by atoms with Crippen molar-refractivity contribution < 1.29 is 0 Å². The highest BCUT2D eigenvalue weighted by atomic mass is 15.3. The first-order valence-electron chi connectivity index (χ1n) is 6.30. The predicted octanol–water partition coefficient (Wildman–Crippen LogP) is 1.80. The van der Waals surface area contributed by atoms with E-state index in [1.54, 1.807) is 0 Å². The summed E-state index contributed by atoms with van der Waals surface area (Å²) in [6.45, 7) is 8.01. The van der Waals surface area contributed by atoms with Gasteiger partial charge in [-0.15, -0.1) is 0 Å². The molecule has 0 saturated heterocycles. The van der Waals surface area contributed by atoms with Gasteiger partial charge in [0.25, 0.3) is 0 Å². The first-order chi connectivity index (χ1) is 8.59. The SMILES string of the molecule is Cc1cnn(C)c1CNCc1ccnn1C(C)C. The molecule has 1 N–H and O–H groups in total. The maximum atomic E-state index is 4.33. The lowest BCUT2D eigenvalue weighted by Gasteiger charge is -2.12. The van der Waals surface area contributed by atoms with E-state index in [-0.39, 0.29) is 0 Å². The Bertz CT molecular complexity index is 490. The van der Waals surface area contributed by atoms with Crippen LogP contribution in [-0.2, 0) is 20.1 Å². The van der Waals surface area contributed by atoms with Crippen LogP contribution in [0.2, 0.25) is 0 Å². The molecule has 98 valence electrons. The Hall–Kier alpha value is -1.62. The molecule has 2 rings (SSSR count). The number of hydrogen-bond donors (Lipinski definition) is 1. The molecule has 0 spiro atoms. The van der Waals surface area contributed by atoms with Gasteiger partial charge in [-0.05, 0) is 32.4 Å². The van der Waals surface area contributed by atoms with Gasteiger partial charge in [0, 0.05) is 32.4 Å². The summed E-state index contributed by atoms with van der Waals surface area (Å²) in [7, 11) is 1.97. The number of nitrogens with one attached hydrogen (secondary N) is 1. The Labute approximate surface area is 108 Å². The Kier molecular flexibility index (Phi) is 3.81. The van der Waals surface area contributed by atoms with E-state index in [0.29, 0.717) is 6.04 Å². The minimum atomic E-state index is 0.398. The predicted molar refractivity (Wildman–Crippen MR) is 71.1 cm³/mol. The molecule has 0 saturated carbocycles. The van der Waals surface area contributed by atoms with Crippen LogP contribution in [0.15, 0.2) is 18.5 Å². The van der Waals surface area contributed by atoms with Crippen LogP contribution in [0.5, 0.6) is 0 Å². The van der Waals surface area contributed by atoms with Gasteiger partial charge in [-0.3, -0.25) is 9.36 Å². The summed E-state index contributed by atoms with van der Waals surface area (Å²) in [5.74, 6) is 0. The van der Waals surface area contributed by atoms with Crippen LogP contribution < -0.4 is 5.32 Å². The average Bonchev–Trinajstić information content (AvgIpc) is 2.90. The molecular formula is C13H21N5. The topological polar surface area (TPSA) is 47.7 Å². The van der Waals surface area contributed by atoms with Gasteiger partial charge in [0.05, 0.1) is 17.6 Å². The molecule has 5 heteroatoms. The first-order valence-corrected chi connectivity index (χ1v) is 6.30. The van der Waals surface area contributed by atoms with Crippen molar-refractivity contribution in [1.29, 1.82) is 0 Å². The first kappa shape index (κ1) is 12.8. The van der Waals surface area contributed by atoms with Gasteiger partial charge in [-0.25, -0.2) is 0 Å². The number of aromatic nitrogens is 4. The number of hydrogen-bond acceptors (Lipinski definition) is 3. The van der Waals surface area contributed by atoms with Crippen LogP contribution in [0.25, 0.3) is 0 Å². The molecule has 2 aromatic heterocycles. The highest BCUT2D eigenvalue weighted by Gasteiger charge is 2.07. The molecule has 0 bridgehead atoms. The lowest BCUT2D eigenvalue weighted by Crippen LogP contribution is -2.19. The summed E-state index contributed by atoms with van der Waals surface area (Å²) < 4.78 is 3.96. The van der Waals surface area contributed by atoms with Crippen LogP contribution >= 0.6 is 0 Å². The summed E-state index contributed by atoms with van der Waals surface area (Å²) in [5, 5.41) is 12.0. The summed E-state index contributed by atoms with van der Waals surface area (Å²) in [4.78, 5) is 0. The summed E-state index contributed by atoms with van der Waals surface area (Å²) in [6, 6.07) is 2.46. The molecule has 0 aliphatic heterocycles. The molecule has 0 aliphatic carbocycles. The van der Waals surface area contributed by atoms with Crippen LogP contribution in [0.3, 0.4) is 0 Å². The highest BCUT2D eigenvalue weighted by molar-refractivity contribution is 5.15. The zero-order chi connectivity index (χ0) is 13.1. The van der Waals surface area contributed by atoms with Crippen LogP contribution in [0.4, 0.5) is 0 Å². The molecule has 0 amide bonds. The van der Waals surface area contributed by atoms with Gasteiger partial charge < -0.3 is 5.32 Å². The Morgan fingerprint density at radius 3 is 2.67 bits per heavy atom. The lowest BCUT2D eigenvalue weighted by molar-refractivity contribution is 0.492. The zero-order valence-electron chi connectivity index (χ0n) is 11.5. The van der Waals surface area contributed by atoms with Crippen molar-refractivity contribution in [2.24, 2.45) is 7.05 Å². The maximum Gasteiger partial charge on any atom is 0.0547 e. The molecule has 18 heavy (non-hydrogen) atoms. The van der Waals surface area contributed by atoms with Gasteiger partial charge in [0.15, 0.2) is 0 Å². The molecule has 0 radical (unpaired) electrons. The standard InChI is InChI=1S/C13H21N5/c1-10(2)18-12(5-6-15-18)8-14-9-13-11(3)7-16-17(13)4/h5-7,10,14H,8-9H2,1-4H3. The Morgan fingerprint density at radius 1 is 1.28 bits per heavy atom. The van der Waals surface area contributed by atoms with Gasteiger partial charge in [-0.2, -0.15) is 10.2 Å². The van der Waals surface area contributed by atoms with Gasteiger partial charge in [-0.1, -0.05) is 0 Å². The van der Waals surface area contributed by atoms with Crippen molar-refractivity contribution in [3.63, 3.8) is 0 Å². The third-order valence-corrected chi connectivity index (χ3v) is 3.11. The molecule has 0 aromatic carbocycles. The van der Waals surface area contributed by atoms with Crippen LogP contribution in [0.1, 0.15) is 36.8 Å². The minimum absolute atomic E-state index is 0.398. The van der Waals surface area contributed by atoms with Crippen LogP contribution in [-0.4, -0.2) is 19.6 Å². The van der Waals surface area contributed by atoms with E-state index in [4.69, 9.17) is 0 Å². The van der Waals surface area contributed by atoms with E-state index >= 15 is 0 Å². The molecule has 0 aliphatic rings. The molecule has 0 fully saturated rings. The molecule has 0 atom stereocenters. The number of rotatable bonds is 5. The summed E-state index contributed by atoms with van der Waals surface area (Å²) in [6.07, 6.45) is 3.75. The average molecular weight is 247 g/mol. The van der Waals surface area contributed by atoms with Crippen molar-refractivity contribution in [3.8, 4) is 0 Å². The highest BCUT2D eigenvalue weighted by Crippen LogP contribution is 2.09. The number of nitrogens with zero attached hydrogens (tertiary/aromatic N) is 4. The molecular weight excluding hydrogens is 226 g/mol. The largest absolute Gasteiger partial charge is 0.306 e. The monoisotopic (exact) mass is 247 g/mol. The van der Waals surface area contributed by atoms with Crippen molar-refractivity contribution in [2.75, 3.05) is 0 Å². The second-order valence-electron chi connectivity index (χ2n) is 4.86. The third-order valence-electron chi connectivity index (χ3n) is 3.11. The molecule has 2 aromatic rings. The second-order valence-corrected chi connectivity index (χ2v) is 4.86. The van der Waals surface area contributed by atoms with E-state index in [1.807, 2.05) is 28.8 Å².